The smallest absolute Gasteiger partial charge is 0.411 e. The number of benzene rings is 2. The topological polar surface area (TPSA) is 112 Å². The van der Waals surface area contributed by atoms with Gasteiger partial charge in [-0.25, -0.2) is 19.2 Å². The molecule has 0 fully saturated rings. The van der Waals surface area contributed by atoms with E-state index in [4.69, 9.17) is 15.0 Å². The van der Waals surface area contributed by atoms with E-state index < -0.39 is 11.7 Å². The van der Waals surface area contributed by atoms with Crippen LogP contribution in [0.2, 0.25) is 0 Å². The highest BCUT2D eigenvalue weighted by atomic mass is 32.2. The van der Waals surface area contributed by atoms with Crippen LogP contribution in [0.15, 0.2) is 75.2 Å². The number of nitrogens with two attached hydrogens (primary N) is 1. The molecule has 4 aromatic rings. The minimum atomic E-state index is -0.570. The molecule has 0 saturated carbocycles. The molecule has 0 bridgehead atoms. The molecule has 3 N–H and O–H groups in total. The van der Waals surface area contributed by atoms with Gasteiger partial charge in [-0.15, -0.1) is 0 Å². The Hall–Kier alpha value is -3.72. The molecular weight excluding hydrogens is 416 g/mol. The van der Waals surface area contributed by atoms with Gasteiger partial charge in [0.15, 0.2) is 5.16 Å². The van der Waals surface area contributed by atoms with E-state index in [1.54, 1.807) is 31.3 Å². The van der Waals surface area contributed by atoms with Gasteiger partial charge >= 0.3 is 11.7 Å². The van der Waals surface area contributed by atoms with Crippen molar-refractivity contribution in [2.45, 2.75) is 17.8 Å². The fraction of sp³-hybridized carbons (Fsp3) is 0.136. The number of anilines is 1. The van der Waals surface area contributed by atoms with Crippen LogP contribution in [0.5, 0.6) is 0 Å². The molecule has 9 heteroatoms. The fourth-order valence-corrected chi connectivity index (χ4v) is 3.97. The molecule has 1 amide bonds. The molecule has 2 aromatic carbocycles. The third kappa shape index (κ3) is 4.72. The van der Waals surface area contributed by atoms with E-state index in [1.807, 2.05) is 30.3 Å². The van der Waals surface area contributed by atoms with E-state index in [-0.39, 0.29) is 6.61 Å². The van der Waals surface area contributed by atoms with Gasteiger partial charge in [0.05, 0.1) is 18.5 Å². The van der Waals surface area contributed by atoms with Crippen molar-refractivity contribution in [1.29, 1.82) is 0 Å². The molecule has 8 nitrogen and oxygen atoms in total. The van der Waals surface area contributed by atoms with E-state index in [2.05, 4.69) is 10.3 Å². The zero-order chi connectivity index (χ0) is 21.8. The van der Waals surface area contributed by atoms with Crippen molar-refractivity contribution in [3.05, 3.63) is 76.8 Å². The van der Waals surface area contributed by atoms with Crippen LogP contribution >= 0.6 is 11.8 Å². The third-order valence-corrected chi connectivity index (χ3v) is 5.49. The summed E-state index contributed by atoms with van der Waals surface area (Å²) in [4.78, 5) is 28.3. The lowest BCUT2D eigenvalue weighted by Crippen LogP contribution is -2.13. The summed E-state index contributed by atoms with van der Waals surface area (Å²) in [5.41, 5.74) is 2.90. The summed E-state index contributed by atoms with van der Waals surface area (Å²) >= 11 is 1.42. The maximum atomic E-state index is 12.1. The number of nitrogens with one attached hydrogen (secondary N) is 1. The summed E-state index contributed by atoms with van der Waals surface area (Å²) in [6.45, 7) is 1.98. The van der Waals surface area contributed by atoms with Crippen LogP contribution in [0.1, 0.15) is 12.5 Å². The fourth-order valence-electron chi connectivity index (χ4n) is 3.09. The van der Waals surface area contributed by atoms with Gasteiger partial charge in [-0.05, 0) is 24.6 Å². The van der Waals surface area contributed by atoms with Gasteiger partial charge in [0, 0.05) is 34.5 Å². The SMILES string of the molecule is CCOC(=O)Nc1ccc2c(CSc3nc(-c4ccccc4)cn3N)cc(=O)oc2c1. The second kappa shape index (κ2) is 8.97. The van der Waals surface area contributed by atoms with Gasteiger partial charge in [-0.1, -0.05) is 42.1 Å². The van der Waals surface area contributed by atoms with Crippen LogP contribution < -0.4 is 16.8 Å². The first kappa shape index (κ1) is 20.5. The molecule has 0 radical (unpaired) electrons. The number of carbonyl (C=O) groups excluding carboxylic acids is 1. The highest BCUT2D eigenvalue weighted by Gasteiger charge is 2.12. The average Bonchev–Trinajstić information content (AvgIpc) is 3.13. The molecule has 0 atom stereocenters. The minimum absolute atomic E-state index is 0.263. The lowest BCUT2D eigenvalue weighted by atomic mass is 10.1. The second-order valence-electron chi connectivity index (χ2n) is 6.62. The Labute approximate surface area is 182 Å². The molecule has 0 aliphatic carbocycles. The Morgan fingerprint density at radius 2 is 2.03 bits per heavy atom. The molecule has 0 saturated heterocycles. The number of hydrogen-bond donors (Lipinski definition) is 2. The molecular formula is C22H20N4O4S. The van der Waals surface area contributed by atoms with Crippen molar-refractivity contribution in [3.8, 4) is 11.3 Å². The van der Waals surface area contributed by atoms with Gasteiger partial charge in [-0.2, -0.15) is 0 Å². The number of amides is 1. The Morgan fingerprint density at radius 3 is 2.81 bits per heavy atom. The number of nitrogens with zero attached hydrogens (tertiary/aromatic N) is 2. The monoisotopic (exact) mass is 436 g/mol. The van der Waals surface area contributed by atoms with Crippen LogP contribution in [0.4, 0.5) is 10.5 Å². The Kier molecular flexibility index (Phi) is 5.94. The molecule has 0 spiro atoms. The number of hydrogen-bond acceptors (Lipinski definition) is 7. The van der Waals surface area contributed by atoms with Crippen LogP contribution in [0.3, 0.4) is 0 Å². The number of fused-ring (bicyclic) bond motifs is 1. The number of thioether (sulfide) groups is 1. The predicted molar refractivity (Wildman–Crippen MR) is 121 cm³/mol. The summed E-state index contributed by atoms with van der Waals surface area (Å²) in [6.07, 6.45) is 1.20. The van der Waals surface area contributed by atoms with Crippen LogP contribution in [0, 0.1) is 0 Å². The standard InChI is InChI=1S/C22H20N4O4S/c1-2-29-22(28)24-16-8-9-17-15(10-20(27)30-19(17)11-16)13-31-21-25-18(12-26(21)23)14-6-4-3-5-7-14/h3-12H,2,13,23H2,1H3,(H,24,28). The zero-order valence-corrected chi connectivity index (χ0v) is 17.5. The van der Waals surface area contributed by atoms with Gasteiger partial charge < -0.3 is 15.0 Å². The summed E-state index contributed by atoms with van der Waals surface area (Å²) in [5, 5.41) is 3.99. The van der Waals surface area contributed by atoms with E-state index in [0.29, 0.717) is 22.2 Å². The molecule has 2 aromatic heterocycles. The molecule has 4 rings (SSSR count). The number of carbonyl (C=O) groups is 1. The molecule has 31 heavy (non-hydrogen) atoms. The Morgan fingerprint density at radius 1 is 1.23 bits per heavy atom. The number of aromatic nitrogens is 2. The van der Waals surface area contributed by atoms with E-state index >= 15 is 0 Å². The van der Waals surface area contributed by atoms with Gasteiger partial charge in [0.25, 0.3) is 0 Å². The van der Waals surface area contributed by atoms with Gasteiger partial charge in [0.1, 0.15) is 5.58 Å². The number of nitrogen functional groups attached to an aromatic ring is 1. The van der Waals surface area contributed by atoms with E-state index in [1.165, 1.54) is 22.5 Å². The molecule has 0 unspecified atom stereocenters. The van der Waals surface area contributed by atoms with Gasteiger partial charge in [-0.3, -0.25) is 5.32 Å². The zero-order valence-electron chi connectivity index (χ0n) is 16.7. The van der Waals surface area contributed by atoms with Crippen LogP contribution in [-0.2, 0) is 10.5 Å². The first-order valence-electron chi connectivity index (χ1n) is 9.56. The Balaban J connectivity index is 1.57. The Bertz CT molecular complexity index is 1280. The second-order valence-corrected chi connectivity index (χ2v) is 7.56. The molecule has 0 aliphatic rings. The highest BCUT2D eigenvalue weighted by molar-refractivity contribution is 7.98. The largest absolute Gasteiger partial charge is 0.450 e. The maximum absolute atomic E-state index is 12.1. The highest BCUT2D eigenvalue weighted by Crippen LogP contribution is 2.29. The summed E-state index contributed by atoms with van der Waals surface area (Å²) < 4.78 is 11.7. The predicted octanol–water partition coefficient (Wildman–Crippen LogP) is 4.23. The van der Waals surface area contributed by atoms with Crippen molar-refractivity contribution in [2.24, 2.45) is 0 Å². The minimum Gasteiger partial charge on any atom is -0.450 e. The van der Waals surface area contributed by atoms with Crippen molar-refractivity contribution in [2.75, 3.05) is 17.8 Å². The van der Waals surface area contributed by atoms with Crippen molar-refractivity contribution >= 4 is 34.5 Å². The van der Waals surface area contributed by atoms with Crippen LogP contribution in [0.25, 0.3) is 22.2 Å². The maximum Gasteiger partial charge on any atom is 0.411 e. The van der Waals surface area contributed by atoms with Gasteiger partial charge in [0.2, 0.25) is 0 Å². The summed E-state index contributed by atoms with van der Waals surface area (Å²) in [7, 11) is 0. The molecule has 158 valence electrons. The lowest BCUT2D eigenvalue weighted by Gasteiger charge is -2.08. The van der Waals surface area contributed by atoms with Crippen molar-refractivity contribution in [1.82, 2.24) is 9.66 Å². The van der Waals surface area contributed by atoms with E-state index in [0.717, 1.165) is 22.2 Å². The summed E-state index contributed by atoms with van der Waals surface area (Å²) in [5.74, 6) is 6.54. The van der Waals surface area contributed by atoms with Crippen molar-refractivity contribution < 1.29 is 13.9 Å². The van der Waals surface area contributed by atoms with Crippen molar-refractivity contribution in [3.63, 3.8) is 0 Å². The lowest BCUT2D eigenvalue weighted by molar-refractivity contribution is 0.168. The third-order valence-electron chi connectivity index (χ3n) is 4.48. The first-order valence-corrected chi connectivity index (χ1v) is 10.6. The summed E-state index contributed by atoms with van der Waals surface area (Å²) in [6, 6.07) is 16.3. The quantitative estimate of drug-likeness (QED) is 0.264. The number of rotatable bonds is 6. The average molecular weight is 436 g/mol. The number of imidazole rings is 1. The number of ether oxygens (including phenoxy) is 1. The molecule has 0 aliphatic heterocycles. The normalized spacial score (nSPS) is 10.9. The first-order chi connectivity index (χ1) is 15.0. The van der Waals surface area contributed by atoms with Crippen LogP contribution in [-0.4, -0.2) is 22.4 Å². The van der Waals surface area contributed by atoms with E-state index in [9.17, 15) is 9.59 Å². The molecule has 2 heterocycles.